The number of unbranched alkanes of at least 4 members (excludes halogenated alkanes) is 11. The quantitative estimate of drug-likeness (QED) is 0.135. The van der Waals surface area contributed by atoms with Crippen LogP contribution in [-0.4, -0.2) is 60.4 Å². The van der Waals surface area contributed by atoms with E-state index in [-0.39, 0.29) is 11.7 Å². The third-order valence-corrected chi connectivity index (χ3v) is 6.86. The van der Waals surface area contributed by atoms with E-state index in [0.717, 1.165) is 23.8 Å². The van der Waals surface area contributed by atoms with Gasteiger partial charge in [-0.05, 0) is 12.5 Å². The van der Waals surface area contributed by atoms with Crippen LogP contribution in [0, 0.1) is 0 Å². The maximum atomic E-state index is 12.4. The molecule has 1 saturated heterocycles. The summed E-state index contributed by atoms with van der Waals surface area (Å²) in [5.74, 6) is -0.196. The zero-order valence-corrected chi connectivity index (χ0v) is 22.4. The average molecular weight is 548 g/mol. The Morgan fingerprint density at radius 2 is 1.59 bits per heavy atom. The number of nitrogens with one attached hydrogen (secondary N) is 1. The Bertz CT molecular complexity index is 923. The normalized spacial score (nSPS) is 21.9. The minimum Gasteiger partial charge on any atom is -0.387 e. The van der Waals surface area contributed by atoms with Gasteiger partial charge in [0.25, 0.3) is 0 Å². The van der Waals surface area contributed by atoms with Crippen molar-refractivity contribution in [3.05, 3.63) is 22.7 Å². The Balaban J connectivity index is 1.68. The van der Waals surface area contributed by atoms with Gasteiger partial charge in [0.2, 0.25) is 5.91 Å². The molecule has 0 bridgehead atoms. The summed E-state index contributed by atoms with van der Waals surface area (Å²) in [5, 5.41) is 22.9. The molecule has 4 atom stereocenters. The van der Waals surface area contributed by atoms with E-state index >= 15 is 0 Å². The van der Waals surface area contributed by atoms with Crippen LogP contribution in [0.4, 0.5) is 5.82 Å². The number of rotatable bonds is 18. The maximum absolute atomic E-state index is 12.4. The molecule has 1 aromatic rings. The second-order valence-electron chi connectivity index (χ2n) is 9.52. The van der Waals surface area contributed by atoms with Crippen molar-refractivity contribution in [3.63, 3.8) is 0 Å². The van der Waals surface area contributed by atoms with Crippen molar-refractivity contribution in [3.8, 4) is 0 Å². The molecule has 0 spiro atoms. The molecule has 2 heterocycles. The molecule has 0 unspecified atom stereocenters. The Labute approximate surface area is 217 Å². The Hall–Kier alpha value is -1.66. The number of carbonyl (C=O) groups excluding carboxylic acids is 1. The fourth-order valence-electron chi connectivity index (χ4n) is 4.28. The van der Waals surface area contributed by atoms with E-state index in [1.54, 1.807) is 0 Å². The minimum absolute atomic E-state index is 0.0552. The molecule has 0 aromatic carbocycles. The van der Waals surface area contributed by atoms with Crippen molar-refractivity contribution in [2.24, 2.45) is 0 Å². The smallest absolute Gasteiger partial charge is 0.387 e. The van der Waals surface area contributed by atoms with Crippen LogP contribution in [0.2, 0.25) is 0 Å². The lowest BCUT2D eigenvalue weighted by atomic mass is 10.0. The van der Waals surface area contributed by atoms with Gasteiger partial charge in [-0.1, -0.05) is 77.6 Å². The van der Waals surface area contributed by atoms with Gasteiger partial charge in [0.05, 0.1) is 6.61 Å². The predicted octanol–water partition coefficient (Wildman–Crippen LogP) is 3.00. The maximum Gasteiger partial charge on any atom is 0.469 e. The summed E-state index contributed by atoms with van der Waals surface area (Å²) < 4.78 is 21.5. The molecule has 0 aliphatic carbocycles. The van der Waals surface area contributed by atoms with E-state index in [4.69, 9.17) is 14.5 Å². The van der Waals surface area contributed by atoms with Crippen molar-refractivity contribution < 1.29 is 38.6 Å². The number of phosphoric acid groups is 1. The first-order chi connectivity index (χ1) is 17.6. The highest BCUT2D eigenvalue weighted by Crippen LogP contribution is 2.38. The number of aliphatic hydroxyl groups is 2. The molecule has 0 saturated carbocycles. The van der Waals surface area contributed by atoms with Crippen molar-refractivity contribution >= 4 is 19.5 Å². The van der Waals surface area contributed by atoms with Crippen LogP contribution in [0.15, 0.2) is 17.1 Å². The Kier molecular flexibility index (Phi) is 13.9. The summed E-state index contributed by atoms with van der Waals surface area (Å²) in [6.07, 6.45) is 10.2. The molecule has 0 radical (unpaired) electrons. The molecule has 2 rings (SSSR count). The first-order valence-corrected chi connectivity index (χ1v) is 14.8. The van der Waals surface area contributed by atoms with Gasteiger partial charge in [-0.3, -0.25) is 13.9 Å². The lowest BCUT2D eigenvalue weighted by Crippen LogP contribution is -2.36. The fraction of sp³-hybridized carbons (Fsp3) is 0.792. The minimum atomic E-state index is -4.80. The summed E-state index contributed by atoms with van der Waals surface area (Å²) in [4.78, 5) is 46.0. The number of ether oxygens (including phenoxy) is 1. The van der Waals surface area contributed by atoms with E-state index in [2.05, 4.69) is 21.7 Å². The number of amides is 1. The van der Waals surface area contributed by atoms with Crippen LogP contribution in [0.3, 0.4) is 0 Å². The van der Waals surface area contributed by atoms with E-state index in [1.165, 1.54) is 70.1 Å². The lowest BCUT2D eigenvalue weighted by molar-refractivity contribution is -0.116. The van der Waals surface area contributed by atoms with Crippen LogP contribution in [0.5, 0.6) is 0 Å². The van der Waals surface area contributed by atoms with Crippen LogP contribution in [-0.2, 0) is 18.6 Å². The number of anilines is 1. The molecule has 13 heteroatoms. The summed E-state index contributed by atoms with van der Waals surface area (Å²) in [6, 6.07) is 1.36. The molecule has 1 fully saturated rings. The summed E-state index contributed by atoms with van der Waals surface area (Å²) in [6.45, 7) is 1.54. The highest BCUT2D eigenvalue weighted by molar-refractivity contribution is 7.46. The second kappa shape index (κ2) is 16.3. The first kappa shape index (κ1) is 31.6. The summed E-state index contributed by atoms with van der Waals surface area (Å²) in [5.41, 5.74) is -0.837. The van der Waals surface area contributed by atoms with E-state index in [1.807, 2.05) is 0 Å². The van der Waals surface area contributed by atoms with Gasteiger partial charge < -0.3 is 30.1 Å². The van der Waals surface area contributed by atoms with Crippen molar-refractivity contribution in [2.45, 2.75) is 115 Å². The number of hydrogen-bond donors (Lipinski definition) is 5. The van der Waals surface area contributed by atoms with E-state index < -0.39 is 44.7 Å². The zero-order chi connectivity index (χ0) is 27.3. The molecule has 1 aliphatic rings. The molecule has 5 N–H and O–H groups in total. The highest BCUT2D eigenvalue weighted by atomic mass is 31.2. The van der Waals surface area contributed by atoms with Crippen LogP contribution in [0.25, 0.3) is 0 Å². The lowest BCUT2D eigenvalue weighted by Gasteiger charge is -2.17. The predicted molar refractivity (Wildman–Crippen MR) is 137 cm³/mol. The molecule has 1 aliphatic heterocycles. The third kappa shape index (κ3) is 11.7. The van der Waals surface area contributed by atoms with Gasteiger partial charge in [-0.25, -0.2) is 9.36 Å². The molecule has 212 valence electrons. The zero-order valence-electron chi connectivity index (χ0n) is 21.5. The number of aromatic nitrogens is 2. The molecule has 12 nitrogen and oxygen atoms in total. The number of phosphoric ester groups is 1. The van der Waals surface area contributed by atoms with Crippen molar-refractivity contribution in [1.29, 1.82) is 0 Å². The Morgan fingerprint density at radius 3 is 2.14 bits per heavy atom. The highest BCUT2D eigenvalue weighted by Gasteiger charge is 2.45. The first-order valence-electron chi connectivity index (χ1n) is 13.2. The standard InChI is InChI=1S/C24H42N3O9P/c1-2-3-4-5-6-7-8-9-10-11-12-13-14-20(28)25-19-15-16-27(24(31)26-19)23-22(30)21(29)18(36-23)17-35-37(32,33)34/h15-16,18,21-23,29-30H,2-14,17H2,1H3,(H2,32,33,34)(H,25,26,28,31)/t18-,21-,22-,23-/m1/s1. The second-order valence-corrected chi connectivity index (χ2v) is 10.8. The summed E-state index contributed by atoms with van der Waals surface area (Å²) in [7, 11) is -4.80. The number of hydrogen-bond acceptors (Lipinski definition) is 8. The van der Waals surface area contributed by atoms with Gasteiger partial charge in [-0.15, -0.1) is 0 Å². The van der Waals surface area contributed by atoms with Crippen LogP contribution >= 0.6 is 7.82 Å². The van der Waals surface area contributed by atoms with Gasteiger partial charge in [0.15, 0.2) is 6.23 Å². The number of nitrogens with zero attached hydrogens (tertiary/aromatic N) is 2. The monoisotopic (exact) mass is 547 g/mol. The van der Waals surface area contributed by atoms with Gasteiger partial charge in [-0.2, -0.15) is 4.98 Å². The van der Waals surface area contributed by atoms with Crippen molar-refractivity contribution in [1.82, 2.24) is 9.55 Å². The van der Waals surface area contributed by atoms with E-state index in [9.17, 15) is 24.4 Å². The van der Waals surface area contributed by atoms with Gasteiger partial charge >= 0.3 is 13.5 Å². The van der Waals surface area contributed by atoms with E-state index in [0.29, 0.717) is 6.42 Å². The van der Waals surface area contributed by atoms with Crippen molar-refractivity contribution in [2.75, 3.05) is 11.9 Å². The number of carbonyl (C=O) groups is 1. The molecular formula is C24H42N3O9P. The Morgan fingerprint density at radius 1 is 1.03 bits per heavy atom. The molecule has 37 heavy (non-hydrogen) atoms. The largest absolute Gasteiger partial charge is 0.469 e. The average Bonchev–Trinajstić information content (AvgIpc) is 3.11. The van der Waals surface area contributed by atoms with Gasteiger partial charge in [0.1, 0.15) is 24.1 Å². The number of aliphatic hydroxyl groups excluding tert-OH is 2. The fourth-order valence-corrected chi connectivity index (χ4v) is 4.62. The topological polar surface area (TPSA) is 180 Å². The third-order valence-electron chi connectivity index (χ3n) is 6.37. The van der Waals surface area contributed by atoms with Crippen LogP contribution in [0.1, 0.15) is 96.6 Å². The summed E-state index contributed by atoms with van der Waals surface area (Å²) >= 11 is 0. The molecule has 1 aromatic heterocycles. The van der Waals surface area contributed by atoms with Crippen LogP contribution < -0.4 is 11.0 Å². The molecular weight excluding hydrogens is 505 g/mol. The SMILES string of the molecule is CCCCCCCCCCCCCCC(=O)Nc1ccn([C@@H]2O[C@H](COP(=O)(O)O)[C@@H](O)[C@H]2O)c(=O)n1. The van der Waals surface area contributed by atoms with Gasteiger partial charge in [0, 0.05) is 12.6 Å². The molecule has 1 amide bonds.